The number of aromatic nitrogens is 2. The zero-order valence-corrected chi connectivity index (χ0v) is 15.8. The van der Waals surface area contributed by atoms with Gasteiger partial charge in [-0.1, -0.05) is 23.8 Å². The van der Waals surface area contributed by atoms with Crippen LogP contribution in [0, 0.1) is 6.92 Å². The molecule has 142 valence electrons. The molecule has 0 bridgehead atoms. The Kier molecular flexibility index (Phi) is 4.70. The van der Waals surface area contributed by atoms with Gasteiger partial charge in [-0.15, -0.1) is 0 Å². The number of furan rings is 1. The predicted molar refractivity (Wildman–Crippen MR) is 102 cm³/mol. The molecule has 0 aliphatic heterocycles. The number of benzene rings is 1. The van der Waals surface area contributed by atoms with Gasteiger partial charge in [0.2, 0.25) is 20.7 Å². The average Bonchev–Trinajstić information content (AvgIpc) is 3.37. The Morgan fingerprint density at radius 1 is 1.07 bits per heavy atom. The first-order chi connectivity index (χ1) is 13.5. The fraction of sp³-hybridized carbons (Fsp3) is 0.100. The minimum Gasteiger partial charge on any atom is -0.459 e. The molecular weight excluding hydrogens is 378 g/mol. The third-order valence-corrected chi connectivity index (χ3v) is 5.77. The van der Waals surface area contributed by atoms with Crippen LogP contribution in [0.1, 0.15) is 11.1 Å². The molecule has 0 aliphatic rings. The number of hydrogen-bond acceptors (Lipinski definition) is 7. The van der Waals surface area contributed by atoms with Gasteiger partial charge in [0.25, 0.3) is 5.89 Å². The number of sulfone groups is 1. The van der Waals surface area contributed by atoms with Gasteiger partial charge in [-0.3, -0.25) is 4.98 Å². The Labute approximate surface area is 162 Å². The molecule has 0 unspecified atom stereocenters. The van der Waals surface area contributed by atoms with Crippen LogP contribution >= 0.6 is 0 Å². The summed E-state index contributed by atoms with van der Waals surface area (Å²) in [6.07, 6.45) is 4.82. The van der Waals surface area contributed by atoms with Gasteiger partial charge in [-0.2, -0.15) is 4.98 Å². The number of aryl methyl sites for hydroxylation is 1. The Morgan fingerprint density at radius 3 is 2.57 bits per heavy atom. The van der Waals surface area contributed by atoms with Crippen molar-refractivity contribution in [2.75, 3.05) is 5.32 Å². The van der Waals surface area contributed by atoms with Crippen molar-refractivity contribution in [2.24, 2.45) is 0 Å². The van der Waals surface area contributed by atoms with E-state index >= 15 is 0 Å². The number of rotatable bonds is 6. The topological polar surface area (TPSA) is 98.2 Å². The van der Waals surface area contributed by atoms with E-state index < -0.39 is 9.84 Å². The molecule has 3 aromatic heterocycles. The molecule has 3 heterocycles. The van der Waals surface area contributed by atoms with E-state index in [1.54, 1.807) is 54.9 Å². The predicted octanol–water partition coefficient (Wildman–Crippen LogP) is 4.08. The molecule has 28 heavy (non-hydrogen) atoms. The standard InChI is InChI=1S/C20H17N3O4S/c1-14-6-8-16(9-7-14)28(24,25)20-19(22-13-15-4-2-10-21-12-15)27-18(23-20)17-5-3-11-26-17/h2-12,22H,13H2,1H3. The molecule has 1 aromatic carbocycles. The first-order valence-electron chi connectivity index (χ1n) is 8.53. The Morgan fingerprint density at radius 2 is 1.89 bits per heavy atom. The van der Waals surface area contributed by atoms with Gasteiger partial charge in [0.05, 0.1) is 11.2 Å². The molecule has 7 nitrogen and oxygen atoms in total. The number of pyridine rings is 1. The van der Waals surface area contributed by atoms with E-state index in [1.807, 2.05) is 13.0 Å². The first kappa shape index (κ1) is 18.0. The molecule has 0 fully saturated rings. The summed E-state index contributed by atoms with van der Waals surface area (Å²) >= 11 is 0. The molecule has 8 heteroatoms. The molecule has 0 saturated heterocycles. The van der Waals surface area contributed by atoms with Crippen molar-refractivity contribution >= 4 is 15.7 Å². The van der Waals surface area contributed by atoms with E-state index in [0.717, 1.165) is 11.1 Å². The van der Waals surface area contributed by atoms with Crippen molar-refractivity contribution in [1.29, 1.82) is 0 Å². The normalized spacial score (nSPS) is 11.5. The van der Waals surface area contributed by atoms with Gasteiger partial charge in [0, 0.05) is 18.9 Å². The molecule has 0 radical (unpaired) electrons. The van der Waals surface area contributed by atoms with Crippen LogP contribution in [0.5, 0.6) is 0 Å². The summed E-state index contributed by atoms with van der Waals surface area (Å²) in [7, 11) is -3.89. The molecule has 4 rings (SSSR count). The molecular formula is C20H17N3O4S. The summed E-state index contributed by atoms with van der Waals surface area (Å²) in [6.45, 7) is 2.22. The van der Waals surface area contributed by atoms with Gasteiger partial charge in [0.15, 0.2) is 5.76 Å². The molecule has 0 saturated carbocycles. The summed E-state index contributed by atoms with van der Waals surface area (Å²) in [4.78, 5) is 8.40. The van der Waals surface area contributed by atoms with Gasteiger partial charge in [-0.25, -0.2) is 8.42 Å². The quantitative estimate of drug-likeness (QED) is 0.525. The van der Waals surface area contributed by atoms with E-state index in [4.69, 9.17) is 8.83 Å². The van der Waals surface area contributed by atoms with Crippen molar-refractivity contribution in [3.63, 3.8) is 0 Å². The summed E-state index contributed by atoms with van der Waals surface area (Å²) < 4.78 is 37.3. The zero-order valence-electron chi connectivity index (χ0n) is 15.0. The Balaban J connectivity index is 1.74. The van der Waals surface area contributed by atoms with Gasteiger partial charge in [-0.05, 0) is 42.8 Å². The molecule has 0 aliphatic carbocycles. The highest BCUT2D eigenvalue weighted by molar-refractivity contribution is 7.91. The van der Waals surface area contributed by atoms with Crippen LogP contribution in [0.3, 0.4) is 0 Å². The number of nitrogens with zero attached hydrogens (tertiary/aromatic N) is 2. The molecule has 0 atom stereocenters. The van der Waals surface area contributed by atoms with E-state index in [2.05, 4.69) is 15.3 Å². The second-order valence-electron chi connectivity index (χ2n) is 6.16. The van der Waals surface area contributed by atoms with Crippen LogP contribution in [-0.4, -0.2) is 18.4 Å². The second kappa shape index (κ2) is 7.32. The van der Waals surface area contributed by atoms with Crippen LogP contribution in [0.25, 0.3) is 11.7 Å². The fourth-order valence-electron chi connectivity index (χ4n) is 2.62. The van der Waals surface area contributed by atoms with Crippen molar-refractivity contribution in [1.82, 2.24) is 9.97 Å². The average molecular weight is 395 g/mol. The highest BCUT2D eigenvalue weighted by atomic mass is 32.2. The van der Waals surface area contributed by atoms with Gasteiger partial charge >= 0.3 is 0 Å². The monoisotopic (exact) mass is 395 g/mol. The molecule has 0 spiro atoms. The highest BCUT2D eigenvalue weighted by Gasteiger charge is 2.29. The van der Waals surface area contributed by atoms with Crippen LogP contribution in [0.15, 0.2) is 85.9 Å². The van der Waals surface area contributed by atoms with Crippen LogP contribution < -0.4 is 5.32 Å². The maximum Gasteiger partial charge on any atom is 0.266 e. The van der Waals surface area contributed by atoms with Gasteiger partial charge in [0.1, 0.15) is 0 Å². The third-order valence-electron chi connectivity index (χ3n) is 4.09. The Hall–Kier alpha value is -3.39. The number of oxazole rings is 1. The van der Waals surface area contributed by atoms with Crippen LogP contribution in [-0.2, 0) is 16.4 Å². The summed E-state index contributed by atoms with van der Waals surface area (Å²) in [6, 6.07) is 13.6. The smallest absolute Gasteiger partial charge is 0.266 e. The van der Waals surface area contributed by atoms with Crippen molar-refractivity contribution in [3.05, 3.63) is 78.3 Å². The van der Waals surface area contributed by atoms with E-state index in [1.165, 1.54) is 6.26 Å². The van der Waals surface area contributed by atoms with Crippen molar-refractivity contribution < 1.29 is 17.3 Å². The third kappa shape index (κ3) is 3.54. The lowest BCUT2D eigenvalue weighted by Crippen LogP contribution is -2.07. The van der Waals surface area contributed by atoms with Crippen molar-refractivity contribution in [2.45, 2.75) is 23.4 Å². The van der Waals surface area contributed by atoms with E-state index in [9.17, 15) is 8.42 Å². The summed E-state index contributed by atoms with van der Waals surface area (Å²) in [5, 5.41) is 2.82. The van der Waals surface area contributed by atoms with Gasteiger partial charge < -0.3 is 14.2 Å². The maximum absolute atomic E-state index is 13.2. The second-order valence-corrected chi connectivity index (χ2v) is 8.03. The minimum absolute atomic E-state index is 0.0517. The van der Waals surface area contributed by atoms with E-state index in [0.29, 0.717) is 12.3 Å². The number of anilines is 1. The Bertz CT molecular complexity index is 1170. The van der Waals surface area contributed by atoms with E-state index in [-0.39, 0.29) is 21.7 Å². The fourth-order valence-corrected chi connectivity index (χ4v) is 3.90. The first-order valence-corrected chi connectivity index (χ1v) is 10.0. The minimum atomic E-state index is -3.89. The zero-order chi connectivity index (χ0) is 19.6. The number of nitrogens with one attached hydrogen (secondary N) is 1. The van der Waals surface area contributed by atoms with Crippen molar-refractivity contribution in [3.8, 4) is 11.7 Å². The lowest BCUT2D eigenvalue weighted by atomic mass is 10.2. The van der Waals surface area contributed by atoms with Crippen LogP contribution in [0.4, 0.5) is 5.88 Å². The molecule has 4 aromatic rings. The maximum atomic E-state index is 13.2. The number of hydrogen-bond donors (Lipinski definition) is 1. The highest BCUT2D eigenvalue weighted by Crippen LogP contribution is 2.32. The lowest BCUT2D eigenvalue weighted by molar-refractivity contribution is 0.522. The lowest BCUT2D eigenvalue weighted by Gasteiger charge is -2.06. The summed E-state index contributed by atoms with van der Waals surface area (Å²) in [5.41, 5.74) is 1.84. The van der Waals surface area contributed by atoms with Crippen LogP contribution in [0.2, 0.25) is 0 Å². The summed E-state index contributed by atoms with van der Waals surface area (Å²) in [5.74, 6) is 0.481. The largest absolute Gasteiger partial charge is 0.459 e. The molecule has 1 N–H and O–H groups in total. The molecule has 0 amide bonds. The SMILES string of the molecule is Cc1ccc(S(=O)(=O)c2nc(-c3ccco3)oc2NCc2cccnc2)cc1.